The van der Waals surface area contributed by atoms with Crippen LogP contribution in [0, 0.1) is 0 Å². The van der Waals surface area contributed by atoms with E-state index in [0.717, 1.165) is 37.0 Å². The van der Waals surface area contributed by atoms with Gasteiger partial charge in [-0.25, -0.2) is 4.79 Å². The van der Waals surface area contributed by atoms with Gasteiger partial charge in [0.1, 0.15) is 23.6 Å². The summed E-state index contributed by atoms with van der Waals surface area (Å²) in [5.74, 6) is 1.56. The lowest BCUT2D eigenvalue weighted by Crippen LogP contribution is -2.32. The van der Waals surface area contributed by atoms with E-state index in [9.17, 15) is 4.79 Å². The van der Waals surface area contributed by atoms with E-state index < -0.39 is 6.04 Å². The highest BCUT2D eigenvalue weighted by Gasteiger charge is 2.36. The maximum absolute atomic E-state index is 13.3. The lowest BCUT2D eigenvalue weighted by atomic mass is 9.94. The van der Waals surface area contributed by atoms with Crippen molar-refractivity contribution >= 4 is 11.9 Å². The second-order valence-electron chi connectivity index (χ2n) is 8.17. The molecule has 1 saturated carbocycles. The van der Waals surface area contributed by atoms with Crippen LogP contribution in [-0.2, 0) is 9.53 Å². The van der Waals surface area contributed by atoms with Gasteiger partial charge in [-0.05, 0) is 72.9 Å². The van der Waals surface area contributed by atoms with Gasteiger partial charge in [-0.3, -0.25) is 0 Å². The number of aromatic nitrogens is 4. The molecule has 2 heterocycles. The molecular formula is C24H25N5O3. The first-order valence-electron chi connectivity index (χ1n) is 11.0. The number of fused-ring (bicyclic) bond motifs is 1. The zero-order chi connectivity index (χ0) is 21.9. The van der Waals surface area contributed by atoms with E-state index in [0.29, 0.717) is 23.0 Å². The summed E-state index contributed by atoms with van der Waals surface area (Å²) in [5, 5.41) is 15.1. The van der Waals surface area contributed by atoms with Crippen molar-refractivity contribution in [3.63, 3.8) is 0 Å². The molecule has 3 aromatic rings. The minimum absolute atomic E-state index is 0.0415. The molecule has 0 radical (unpaired) electrons. The van der Waals surface area contributed by atoms with Crippen molar-refractivity contribution in [2.24, 2.45) is 0 Å². The van der Waals surface area contributed by atoms with Gasteiger partial charge in [0, 0.05) is 5.70 Å². The molecule has 1 fully saturated rings. The van der Waals surface area contributed by atoms with Gasteiger partial charge >= 0.3 is 5.97 Å². The zero-order valence-electron chi connectivity index (χ0n) is 17.9. The monoisotopic (exact) mass is 431 g/mol. The molecule has 0 spiro atoms. The summed E-state index contributed by atoms with van der Waals surface area (Å²) in [5.41, 5.74) is 2.03. The normalized spacial score (nSPS) is 18.6. The Morgan fingerprint density at radius 1 is 1.03 bits per heavy atom. The molecule has 8 nitrogen and oxygen atoms in total. The maximum Gasteiger partial charge on any atom is 0.338 e. The Bertz CT molecular complexity index is 1140. The van der Waals surface area contributed by atoms with E-state index in [1.165, 1.54) is 6.42 Å². The van der Waals surface area contributed by atoms with E-state index >= 15 is 0 Å². The Kier molecular flexibility index (Phi) is 5.58. The molecule has 1 N–H and O–H groups in total. The van der Waals surface area contributed by atoms with Crippen molar-refractivity contribution in [3.05, 3.63) is 71.4 Å². The number of tetrazole rings is 1. The van der Waals surface area contributed by atoms with Crippen LogP contribution in [-0.4, -0.2) is 32.3 Å². The quantitative estimate of drug-likeness (QED) is 0.589. The van der Waals surface area contributed by atoms with Crippen LogP contribution < -0.4 is 10.1 Å². The predicted octanol–water partition coefficient (Wildman–Crippen LogP) is 4.63. The van der Waals surface area contributed by atoms with Crippen LogP contribution in [0.3, 0.4) is 0 Å². The molecule has 1 atom stereocenters. The van der Waals surface area contributed by atoms with Gasteiger partial charge in [0.05, 0.1) is 5.57 Å². The number of carbonyl (C=O) groups is 1. The first kappa shape index (κ1) is 20.2. The number of benzene rings is 2. The molecule has 5 rings (SSSR count). The first-order valence-corrected chi connectivity index (χ1v) is 11.0. The number of rotatable bonds is 5. The largest absolute Gasteiger partial charge is 0.459 e. The van der Waals surface area contributed by atoms with Gasteiger partial charge in [0.2, 0.25) is 5.95 Å². The fourth-order valence-corrected chi connectivity index (χ4v) is 4.36. The summed E-state index contributed by atoms with van der Waals surface area (Å²) in [6.45, 7) is 1.85. The second kappa shape index (κ2) is 8.82. The third-order valence-corrected chi connectivity index (χ3v) is 5.91. The number of esters is 1. The number of nitrogens with one attached hydrogen (secondary N) is 1. The average molecular weight is 431 g/mol. The van der Waals surface area contributed by atoms with Crippen LogP contribution in [0.25, 0.3) is 0 Å². The predicted molar refractivity (Wildman–Crippen MR) is 118 cm³/mol. The van der Waals surface area contributed by atoms with Crippen molar-refractivity contribution in [3.8, 4) is 11.5 Å². The highest BCUT2D eigenvalue weighted by atomic mass is 16.5. The number of allylic oxidation sites excluding steroid dienone is 1. The highest BCUT2D eigenvalue weighted by molar-refractivity contribution is 5.92. The summed E-state index contributed by atoms with van der Waals surface area (Å²) in [6, 6.07) is 16.7. The highest BCUT2D eigenvalue weighted by Crippen LogP contribution is 2.37. The van der Waals surface area contributed by atoms with Crippen molar-refractivity contribution in [1.82, 2.24) is 20.2 Å². The number of ether oxygens (including phenoxy) is 2. The van der Waals surface area contributed by atoms with Crippen molar-refractivity contribution < 1.29 is 14.3 Å². The number of hydrogen-bond donors (Lipinski definition) is 1. The molecule has 164 valence electrons. The van der Waals surface area contributed by atoms with Crippen molar-refractivity contribution in [2.75, 3.05) is 5.32 Å². The van der Waals surface area contributed by atoms with Gasteiger partial charge in [-0.15, -0.1) is 0 Å². The van der Waals surface area contributed by atoms with Crippen LogP contribution in [0.2, 0.25) is 0 Å². The van der Waals surface area contributed by atoms with Gasteiger partial charge in [0.15, 0.2) is 0 Å². The van der Waals surface area contributed by atoms with E-state index in [1.54, 1.807) is 4.68 Å². The van der Waals surface area contributed by atoms with E-state index in [-0.39, 0.29) is 12.1 Å². The number of carbonyl (C=O) groups excluding carboxylic acids is 1. The number of para-hydroxylation sites is 1. The van der Waals surface area contributed by atoms with Gasteiger partial charge in [-0.2, -0.15) is 4.68 Å². The molecule has 2 aliphatic rings. The molecule has 8 heteroatoms. The molecule has 1 aliphatic carbocycles. The maximum atomic E-state index is 13.3. The summed E-state index contributed by atoms with van der Waals surface area (Å²) >= 11 is 0. The molecule has 0 bridgehead atoms. The Morgan fingerprint density at radius 3 is 2.62 bits per heavy atom. The van der Waals surface area contributed by atoms with E-state index in [1.807, 2.05) is 61.5 Å². The van der Waals surface area contributed by atoms with Crippen LogP contribution >= 0.6 is 0 Å². The average Bonchev–Trinajstić information content (AvgIpc) is 3.27. The van der Waals surface area contributed by atoms with E-state index in [2.05, 4.69) is 20.8 Å². The molecule has 0 amide bonds. The van der Waals surface area contributed by atoms with Crippen molar-refractivity contribution in [2.45, 2.75) is 51.2 Å². The van der Waals surface area contributed by atoms with E-state index in [4.69, 9.17) is 9.47 Å². The van der Waals surface area contributed by atoms with Crippen LogP contribution in [0.1, 0.15) is 50.6 Å². The molecule has 32 heavy (non-hydrogen) atoms. The molecule has 2 aromatic carbocycles. The smallest absolute Gasteiger partial charge is 0.338 e. The molecular weight excluding hydrogens is 406 g/mol. The summed E-state index contributed by atoms with van der Waals surface area (Å²) < 4.78 is 13.6. The molecule has 1 aromatic heterocycles. The lowest BCUT2D eigenvalue weighted by molar-refractivity contribution is -0.146. The topological polar surface area (TPSA) is 91.2 Å². The third kappa shape index (κ3) is 4.08. The minimum atomic E-state index is -0.517. The third-order valence-electron chi connectivity index (χ3n) is 5.91. The standard InChI is InChI=1S/C24H25N5O3/c1-16-21(23(30)32-19-12-6-3-7-13-19)22(29-24(25-16)26-27-28-29)17-9-8-14-20(15-17)31-18-10-4-2-5-11-18/h2,4-5,8-11,14-15,19,22H,3,6-7,12-13H2,1H3,(H,25,26,28). The van der Waals surface area contributed by atoms with Crippen LogP contribution in [0.15, 0.2) is 65.9 Å². The Morgan fingerprint density at radius 2 is 1.81 bits per heavy atom. The van der Waals surface area contributed by atoms with Gasteiger partial charge in [-0.1, -0.05) is 41.9 Å². The van der Waals surface area contributed by atoms with Gasteiger partial charge in [0.25, 0.3) is 0 Å². The number of anilines is 1. The van der Waals surface area contributed by atoms with Crippen molar-refractivity contribution in [1.29, 1.82) is 0 Å². The summed E-state index contributed by atoms with van der Waals surface area (Å²) in [4.78, 5) is 13.3. The first-order chi connectivity index (χ1) is 15.7. The SMILES string of the molecule is CC1=C(C(=O)OC2CCCCC2)C(c2cccc(Oc3ccccc3)c2)n2nnnc2N1. The molecule has 1 unspecified atom stereocenters. The Balaban J connectivity index is 1.48. The number of hydrogen-bond acceptors (Lipinski definition) is 7. The Hall–Kier alpha value is -3.68. The molecule has 1 aliphatic heterocycles. The molecule has 0 saturated heterocycles. The summed E-state index contributed by atoms with van der Waals surface area (Å²) in [6.07, 6.45) is 5.16. The fourth-order valence-electron chi connectivity index (χ4n) is 4.36. The lowest BCUT2D eigenvalue weighted by Gasteiger charge is -2.29. The second-order valence-corrected chi connectivity index (χ2v) is 8.17. The van der Waals surface area contributed by atoms with Gasteiger partial charge < -0.3 is 14.8 Å². The minimum Gasteiger partial charge on any atom is -0.459 e. The fraction of sp³-hybridized carbons (Fsp3) is 0.333. The zero-order valence-corrected chi connectivity index (χ0v) is 17.9. The Labute approximate surface area is 186 Å². The number of nitrogens with zero attached hydrogens (tertiary/aromatic N) is 4. The van der Waals surface area contributed by atoms with Crippen LogP contribution in [0.5, 0.6) is 11.5 Å². The summed E-state index contributed by atoms with van der Waals surface area (Å²) in [7, 11) is 0. The van der Waals surface area contributed by atoms with Crippen LogP contribution in [0.4, 0.5) is 5.95 Å².